The Morgan fingerprint density at radius 2 is 1.62 bits per heavy atom. The molecule has 0 heterocycles. The maximum atomic E-state index is 5.82. The zero-order valence-corrected chi connectivity index (χ0v) is 13.3. The Labute approximate surface area is 103 Å². The predicted octanol–water partition coefficient (Wildman–Crippen LogP) is 3.49. The molecular weight excluding hydrogens is 214 g/mol. The van der Waals surface area contributed by atoms with Gasteiger partial charge in [-0.15, -0.1) is 0 Å². The van der Waals surface area contributed by atoms with Crippen molar-refractivity contribution < 1.29 is 4.74 Å². The van der Waals surface area contributed by atoms with Crippen molar-refractivity contribution in [1.29, 1.82) is 0 Å². The fraction of sp³-hybridized carbons (Fsp3) is 1.00. The number of hydrogen-bond donors (Lipinski definition) is 1. The summed E-state index contributed by atoms with van der Waals surface area (Å²) in [4.78, 5) is 0. The number of hydrogen-bond acceptors (Lipinski definition) is 2. The Hall–Kier alpha value is 0.137. The van der Waals surface area contributed by atoms with Crippen LogP contribution in [0.15, 0.2) is 0 Å². The van der Waals surface area contributed by atoms with Crippen LogP contribution in [0.3, 0.4) is 0 Å². The molecule has 0 aliphatic rings. The molecule has 0 saturated heterocycles. The number of methoxy groups -OCH3 is 1. The van der Waals surface area contributed by atoms with Crippen LogP contribution in [-0.2, 0) is 4.74 Å². The molecule has 0 aromatic heterocycles. The molecule has 2 nitrogen and oxygen atoms in total. The minimum absolute atomic E-state index is 0.0490. The highest BCUT2D eigenvalue weighted by Crippen LogP contribution is 2.43. The van der Waals surface area contributed by atoms with Crippen molar-refractivity contribution >= 4 is 8.07 Å². The van der Waals surface area contributed by atoms with Crippen molar-refractivity contribution in [1.82, 2.24) is 0 Å². The highest BCUT2D eigenvalue weighted by molar-refractivity contribution is 6.76. The van der Waals surface area contributed by atoms with E-state index in [0.717, 1.165) is 19.4 Å². The second-order valence-corrected chi connectivity index (χ2v) is 12.4. The SMILES string of the molecule is COC(C)(CCCN)C(C)(C)C[Si](C)(C)C. The van der Waals surface area contributed by atoms with E-state index in [1.807, 2.05) is 7.11 Å². The van der Waals surface area contributed by atoms with Crippen molar-refractivity contribution in [3.63, 3.8) is 0 Å². The van der Waals surface area contributed by atoms with Crippen LogP contribution in [0, 0.1) is 5.41 Å². The van der Waals surface area contributed by atoms with Crippen LogP contribution >= 0.6 is 0 Å². The number of ether oxygens (including phenoxy) is 1. The molecule has 0 aromatic carbocycles. The first-order valence-corrected chi connectivity index (χ1v) is 10.0. The zero-order valence-electron chi connectivity index (χ0n) is 12.3. The van der Waals surface area contributed by atoms with Crippen molar-refractivity contribution in [2.24, 2.45) is 11.1 Å². The van der Waals surface area contributed by atoms with Gasteiger partial charge in [0.25, 0.3) is 0 Å². The van der Waals surface area contributed by atoms with E-state index in [1.54, 1.807) is 0 Å². The van der Waals surface area contributed by atoms with Gasteiger partial charge in [-0.2, -0.15) is 0 Å². The molecule has 1 atom stereocenters. The van der Waals surface area contributed by atoms with E-state index in [4.69, 9.17) is 10.5 Å². The van der Waals surface area contributed by atoms with Crippen LogP contribution in [0.4, 0.5) is 0 Å². The average Bonchev–Trinajstić information content (AvgIpc) is 2.10. The Morgan fingerprint density at radius 1 is 1.12 bits per heavy atom. The van der Waals surface area contributed by atoms with Gasteiger partial charge in [0.15, 0.2) is 0 Å². The molecule has 0 aromatic rings. The maximum Gasteiger partial charge on any atom is 0.0699 e. The lowest BCUT2D eigenvalue weighted by atomic mass is 9.74. The monoisotopic (exact) mass is 245 g/mol. The van der Waals surface area contributed by atoms with Gasteiger partial charge >= 0.3 is 0 Å². The molecule has 2 N–H and O–H groups in total. The molecule has 98 valence electrons. The third-order valence-corrected chi connectivity index (χ3v) is 5.66. The molecule has 0 spiro atoms. The lowest BCUT2D eigenvalue weighted by Crippen LogP contribution is -2.47. The lowest BCUT2D eigenvalue weighted by molar-refractivity contribution is -0.0841. The summed E-state index contributed by atoms with van der Waals surface area (Å²) in [6.45, 7) is 14.9. The molecule has 0 fully saturated rings. The molecule has 0 aliphatic carbocycles. The van der Waals surface area contributed by atoms with Crippen LogP contribution in [0.2, 0.25) is 25.7 Å². The predicted molar refractivity (Wildman–Crippen MR) is 75.6 cm³/mol. The molecule has 0 bridgehead atoms. The minimum atomic E-state index is -1.07. The van der Waals surface area contributed by atoms with Crippen LogP contribution in [0.5, 0.6) is 0 Å². The van der Waals surface area contributed by atoms with E-state index < -0.39 is 8.07 Å². The lowest BCUT2D eigenvalue weighted by Gasteiger charge is -2.46. The van der Waals surface area contributed by atoms with E-state index in [1.165, 1.54) is 6.04 Å². The number of rotatable bonds is 7. The summed E-state index contributed by atoms with van der Waals surface area (Å²) in [6, 6.07) is 1.29. The largest absolute Gasteiger partial charge is 0.378 e. The van der Waals surface area contributed by atoms with E-state index >= 15 is 0 Å². The van der Waals surface area contributed by atoms with Crippen LogP contribution in [0.1, 0.15) is 33.6 Å². The second kappa shape index (κ2) is 5.65. The van der Waals surface area contributed by atoms with Crippen molar-refractivity contribution in [2.75, 3.05) is 13.7 Å². The Kier molecular flexibility index (Phi) is 5.70. The molecule has 0 aliphatic heterocycles. The Bertz CT molecular complexity index is 210. The standard InChI is InChI=1S/C13H31NOSi/c1-12(2,11-16(5,6)7)13(3,15-4)9-8-10-14/h8-11,14H2,1-7H3. The topological polar surface area (TPSA) is 35.2 Å². The van der Waals surface area contributed by atoms with E-state index in [0.29, 0.717) is 0 Å². The summed E-state index contributed by atoms with van der Waals surface area (Å²) in [5.74, 6) is 0. The van der Waals surface area contributed by atoms with Gasteiger partial charge in [0.05, 0.1) is 5.60 Å². The summed E-state index contributed by atoms with van der Waals surface area (Å²) in [5.41, 5.74) is 5.79. The van der Waals surface area contributed by atoms with Crippen LogP contribution < -0.4 is 5.73 Å². The summed E-state index contributed by atoms with van der Waals surface area (Å²) in [7, 11) is 0.767. The third-order valence-electron chi connectivity index (χ3n) is 3.71. The zero-order chi connectivity index (χ0) is 13.0. The molecular formula is C13H31NOSi. The van der Waals surface area contributed by atoms with Gasteiger partial charge in [0, 0.05) is 15.2 Å². The first-order valence-electron chi connectivity index (χ1n) is 6.33. The summed E-state index contributed by atoms with van der Waals surface area (Å²) >= 11 is 0. The fourth-order valence-corrected chi connectivity index (χ4v) is 5.69. The van der Waals surface area contributed by atoms with E-state index in [9.17, 15) is 0 Å². The Morgan fingerprint density at radius 3 is 1.94 bits per heavy atom. The quantitative estimate of drug-likeness (QED) is 0.697. The molecule has 0 rings (SSSR count). The highest BCUT2D eigenvalue weighted by Gasteiger charge is 2.43. The van der Waals surface area contributed by atoms with Crippen LogP contribution in [-0.4, -0.2) is 27.3 Å². The third kappa shape index (κ3) is 4.56. The van der Waals surface area contributed by atoms with Gasteiger partial charge in [-0.3, -0.25) is 0 Å². The molecule has 0 saturated carbocycles. The minimum Gasteiger partial charge on any atom is -0.378 e. The molecule has 0 radical (unpaired) electrons. The number of nitrogens with two attached hydrogens (primary N) is 1. The van der Waals surface area contributed by atoms with Gasteiger partial charge in [-0.1, -0.05) is 33.5 Å². The van der Waals surface area contributed by atoms with Gasteiger partial charge in [0.2, 0.25) is 0 Å². The van der Waals surface area contributed by atoms with Crippen molar-refractivity contribution in [3.05, 3.63) is 0 Å². The smallest absolute Gasteiger partial charge is 0.0699 e. The molecule has 16 heavy (non-hydrogen) atoms. The first kappa shape index (κ1) is 16.1. The Balaban J connectivity index is 4.76. The van der Waals surface area contributed by atoms with Gasteiger partial charge < -0.3 is 10.5 Å². The van der Waals surface area contributed by atoms with Gasteiger partial charge in [-0.25, -0.2) is 0 Å². The summed E-state index contributed by atoms with van der Waals surface area (Å²) in [5, 5.41) is 0. The molecule has 0 amide bonds. The van der Waals surface area contributed by atoms with Gasteiger partial charge in [0.1, 0.15) is 0 Å². The van der Waals surface area contributed by atoms with Gasteiger partial charge in [-0.05, 0) is 37.8 Å². The summed E-state index contributed by atoms with van der Waals surface area (Å²) < 4.78 is 5.82. The maximum absolute atomic E-state index is 5.82. The summed E-state index contributed by atoms with van der Waals surface area (Å²) in [6.07, 6.45) is 2.09. The normalized spacial score (nSPS) is 17.2. The average molecular weight is 245 g/mol. The van der Waals surface area contributed by atoms with E-state index in [2.05, 4.69) is 40.4 Å². The molecule has 3 heteroatoms. The second-order valence-electron chi connectivity index (χ2n) is 6.95. The van der Waals surface area contributed by atoms with Crippen molar-refractivity contribution in [2.45, 2.75) is 64.9 Å². The van der Waals surface area contributed by atoms with Crippen molar-refractivity contribution in [3.8, 4) is 0 Å². The fourth-order valence-electron chi connectivity index (χ4n) is 2.67. The van der Waals surface area contributed by atoms with E-state index in [-0.39, 0.29) is 11.0 Å². The van der Waals surface area contributed by atoms with Crippen LogP contribution in [0.25, 0.3) is 0 Å². The highest BCUT2D eigenvalue weighted by atomic mass is 28.3. The first-order chi connectivity index (χ1) is 7.08. The molecule has 1 unspecified atom stereocenters.